The average Bonchev–Trinajstić information content (AvgIpc) is 2.85. The predicted octanol–water partition coefficient (Wildman–Crippen LogP) is 10.5. The van der Waals surface area contributed by atoms with Crippen LogP contribution in [0, 0.1) is 5.92 Å². The highest BCUT2D eigenvalue weighted by molar-refractivity contribution is 5.93. The SMILES string of the molecule is CCCCCCC=CCCCCCCCC(=O)C(C=O)CCCCCC/C=C\CCCCCC. The van der Waals surface area contributed by atoms with Gasteiger partial charge in [-0.2, -0.15) is 0 Å². The summed E-state index contributed by atoms with van der Waals surface area (Å²) in [4.78, 5) is 23.7. The van der Waals surface area contributed by atoms with Gasteiger partial charge in [-0.05, 0) is 64.2 Å². The van der Waals surface area contributed by atoms with Gasteiger partial charge in [-0.1, -0.05) is 115 Å². The normalized spacial score (nSPS) is 12.6. The number of unbranched alkanes of at least 4 members (excludes halogenated alkanes) is 17. The lowest BCUT2D eigenvalue weighted by atomic mass is 9.94. The first-order valence-corrected chi connectivity index (χ1v) is 15.0. The molecule has 0 N–H and O–H groups in total. The second-order valence-corrected chi connectivity index (χ2v) is 10.1. The fourth-order valence-corrected chi connectivity index (χ4v) is 4.41. The molecule has 34 heavy (non-hydrogen) atoms. The number of carbonyl (C=O) groups excluding carboxylic acids is 2. The third-order valence-corrected chi connectivity index (χ3v) is 6.79. The molecule has 1 unspecified atom stereocenters. The smallest absolute Gasteiger partial charge is 0.143 e. The Balaban J connectivity index is 3.54. The van der Waals surface area contributed by atoms with Crippen molar-refractivity contribution in [1.29, 1.82) is 0 Å². The van der Waals surface area contributed by atoms with Crippen LogP contribution < -0.4 is 0 Å². The molecule has 1 atom stereocenters. The van der Waals surface area contributed by atoms with Gasteiger partial charge in [0.2, 0.25) is 0 Å². The van der Waals surface area contributed by atoms with E-state index in [9.17, 15) is 9.59 Å². The van der Waals surface area contributed by atoms with Crippen molar-refractivity contribution in [2.45, 2.75) is 162 Å². The molecule has 0 aromatic heterocycles. The quantitative estimate of drug-likeness (QED) is 0.0513. The molecule has 0 spiro atoms. The molecular formula is C32H58O2. The van der Waals surface area contributed by atoms with E-state index >= 15 is 0 Å². The predicted molar refractivity (Wildman–Crippen MR) is 150 cm³/mol. The number of Topliss-reactive ketones (excluding diaryl/α,β-unsaturated/α-hetero) is 1. The van der Waals surface area contributed by atoms with Crippen molar-refractivity contribution in [3.63, 3.8) is 0 Å². The van der Waals surface area contributed by atoms with E-state index < -0.39 is 0 Å². The van der Waals surface area contributed by atoms with Gasteiger partial charge in [-0.25, -0.2) is 0 Å². The Labute approximate surface area is 213 Å². The van der Waals surface area contributed by atoms with Crippen LogP contribution in [0.3, 0.4) is 0 Å². The maximum atomic E-state index is 12.4. The van der Waals surface area contributed by atoms with Crippen molar-refractivity contribution in [2.24, 2.45) is 5.92 Å². The monoisotopic (exact) mass is 474 g/mol. The first-order chi connectivity index (χ1) is 16.8. The van der Waals surface area contributed by atoms with E-state index in [1.807, 2.05) is 0 Å². The first-order valence-electron chi connectivity index (χ1n) is 15.0. The molecule has 0 saturated heterocycles. The van der Waals surface area contributed by atoms with Crippen LogP contribution in [-0.2, 0) is 9.59 Å². The van der Waals surface area contributed by atoms with Crippen molar-refractivity contribution < 1.29 is 9.59 Å². The molecule has 0 fully saturated rings. The van der Waals surface area contributed by atoms with E-state index in [4.69, 9.17) is 0 Å². The lowest BCUT2D eigenvalue weighted by Crippen LogP contribution is -2.15. The number of ketones is 1. The van der Waals surface area contributed by atoms with E-state index in [1.54, 1.807) is 0 Å². The van der Waals surface area contributed by atoms with Gasteiger partial charge in [-0.15, -0.1) is 0 Å². The number of aldehydes is 1. The van der Waals surface area contributed by atoms with E-state index in [2.05, 4.69) is 38.2 Å². The van der Waals surface area contributed by atoms with Crippen molar-refractivity contribution in [3.8, 4) is 0 Å². The Kier molecular flexibility index (Phi) is 27.1. The molecular weight excluding hydrogens is 416 g/mol. The average molecular weight is 475 g/mol. The summed E-state index contributed by atoms with van der Waals surface area (Å²) in [5, 5.41) is 0. The summed E-state index contributed by atoms with van der Waals surface area (Å²) < 4.78 is 0. The second-order valence-electron chi connectivity index (χ2n) is 10.1. The van der Waals surface area contributed by atoms with Gasteiger partial charge in [0.05, 0.1) is 5.92 Å². The van der Waals surface area contributed by atoms with Gasteiger partial charge in [-0.3, -0.25) is 4.79 Å². The van der Waals surface area contributed by atoms with E-state index in [0.29, 0.717) is 6.42 Å². The Bertz CT molecular complexity index is 491. The number of rotatable bonds is 27. The molecule has 0 saturated carbocycles. The standard InChI is InChI=1S/C32H58O2/c1-3-5-7-9-11-13-15-17-19-21-23-25-27-29-32(34)31(30-33)28-26-24-22-20-18-16-14-12-10-8-6-4-2/h13-16,30-31H,3-12,17-29H2,1-2H3/b15-13?,16-14-. The second kappa shape index (κ2) is 28.1. The van der Waals surface area contributed by atoms with Gasteiger partial charge in [0, 0.05) is 6.42 Å². The van der Waals surface area contributed by atoms with Crippen molar-refractivity contribution in [3.05, 3.63) is 24.3 Å². The van der Waals surface area contributed by atoms with Crippen LogP contribution in [0.25, 0.3) is 0 Å². The van der Waals surface area contributed by atoms with Crippen molar-refractivity contribution in [1.82, 2.24) is 0 Å². The molecule has 0 aromatic rings. The molecule has 0 rings (SSSR count). The minimum absolute atomic E-state index is 0.173. The van der Waals surface area contributed by atoms with Crippen LogP contribution in [0.2, 0.25) is 0 Å². The minimum atomic E-state index is -0.356. The van der Waals surface area contributed by atoms with Gasteiger partial charge in [0.15, 0.2) is 0 Å². The molecule has 0 radical (unpaired) electrons. The molecule has 0 aliphatic rings. The Hall–Kier alpha value is -1.18. The zero-order chi connectivity index (χ0) is 25.0. The molecule has 0 aromatic carbocycles. The van der Waals surface area contributed by atoms with Gasteiger partial charge in [0.25, 0.3) is 0 Å². The van der Waals surface area contributed by atoms with Crippen LogP contribution in [0.4, 0.5) is 0 Å². The maximum absolute atomic E-state index is 12.4. The summed E-state index contributed by atoms with van der Waals surface area (Å²) in [7, 11) is 0. The number of allylic oxidation sites excluding steroid dienone is 4. The first kappa shape index (κ1) is 32.8. The highest BCUT2D eigenvalue weighted by Gasteiger charge is 2.16. The zero-order valence-electron chi connectivity index (χ0n) is 23.0. The minimum Gasteiger partial charge on any atom is -0.303 e. The van der Waals surface area contributed by atoms with E-state index in [0.717, 1.165) is 38.4 Å². The molecule has 0 aliphatic heterocycles. The Morgan fingerprint density at radius 1 is 0.529 bits per heavy atom. The van der Waals surface area contributed by atoms with Gasteiger partial charge < -0.3 is 4.79 Å². The Morgan fingerprint density at radius 3 is 1.35 bits per heavy atom. The highest BCUT2D eigenvalue weighted by Crippen LogP contribution is 2.16. The lowest BCUT2D eigenvalue weighted by Gasteiger charge is -2.09. The summed E-state index contributed by atoms with van der Waals surface area (Å²) in [5.41, 5.74) is 0. The van der Waals surface area contributed by atoms with E-state index in [1.165, 1.54) is 109 Å². The summed E-state index contributed by atoms with van der Waals surface area (Å²) in [6.07, 6.45) is 37.4. The van der Waals surface area contributed by atoms with Crippen LogP contribution in [0.1, 0.15) is 162 Å². The van der Waals surface area contributed by atoms with Crippen molar-refractivity contribution in [2.75, 3.05) is 0 Å². The fraction of sp³-hybridized carbons (Fsp3) is 0.812. The number of hydrogen-bond donors (Lipinski definition) is 0. The summed E-state index contributed by atoms with van der Waals surface area (Å²) in [6.45, 7) is 4.51. The number of hydrogen-bond acceptors (Lipinski definition) is 2. The van der Waals surface area contributed by atoms with Crippen molar-refractivity contribution >= 4 is 12.1 Å². The third kappa shape index (κ3) is 24.0. The maximum Gasteiger partial charge on any atom is 0.143 e. The van der Waals surface area contributed by atoms with Crippen LogP contribution >= 0.6 is 0 Å². The lowest BCUT2D eigenvalue weighted by molar-refractivity contribution is -0.127. The summed E-state index contributed by atoms with van der Waals surface area (Å²) in [5.74, 6) is -0.183. The Morgan fingerprint density at radius 2 is 0.912 bits per heavy atom. The summed E-state index contributed by atoms with van der Waals surface area (Å²) in [6, 6.07) is 0. The van der Waals surface area contributed by atoms with Gasteiger partial charge >= 0.3 is 0 Å². The molecule has 0 heterocycles. The summed E-state index contributed by atoms with van der Waals surface area (Å²) >= 11 is 0. The van der Waals surface area contributed by atoms with Crippen LogP contribution in [0.5, 0.6) is 0 Å². The molecule has 2 heteroatoms. The van der Waals surface area contributed by atoms with Crippen LogP contribution in [0.15, 0.2) is 24.3 Å². The number of carbonyl (C=O) groups is 2. The molecule has 2 nitrogen and oxygen atoms in total. The molecule has 0 aliphatic carbocycles. The topological polar surface area (TPSA) is 34.1 Å². The van der Waals surface area contributed by atoms with Gasteiger partial charge in [0.1, 0.15) is 12.1 Å². The molecule has 0 bridgehead atoms. The molecule has 198 valence electrons. The van der Waals surface area contributed by atoms with Crippen LogP contribution in [-0.4, -0.2) is 12.1 Å². The van der Waals surface area contributed by atoms with E-state index in [-0.39, 0.29) is 11.7 Å². The highest BCUT2D eigenvalue weighted by atomic mass is 16.1. The third-order valence-electron chi connectivity index (χ3n) is 6.79. The molecule has 0 amide bonds. The zero-order valence-corrected chi connectivity index (χ0v) is 23.0. The fourth-order valence-electron chi connectivity index (χ4n) is 4.41. The largest absolute Gasteiger partial charge is 0.303 e.